The molecule has 4 nitrogen and oxygen atoms in total. The Kier molecular flexibility index (Phi) is 2.19. The van der Waals surface area contributed by atoms with Crippen LogP contribution in [0.5, 0.6) is 0 Å². The molecule has 0 aromatic carbocycles. The Morgan fingerprint density at radius 3 is 3.00 bits per heavy atom. The summed E-state index contributed by atoms with van der Waals surface area (Å²) < 4.78 is 1.69. The number of fused-ring (bicyclic) bond motifs is 1. The van der Waals surface area contributed by atoms with Gasteiger partial charge in [0.1, 0.15) is 6.07 Å². The molecule has 0 N–H and O–H groups in total. The van der Waals surface area contributed by atoms with Gasteiger partial charge in [-0.2, -0.15) is 10.4 Å². The third-order valence-corrected chi connectivity index (χ3v) is 3.08. The van der Waals surface area contributed by atoms with Crippen LogP contribution < -0.4 is 0 Å². The number of nitrogens with zero attached hydrogens (tertiary/aromatic N) is 4. The predicted molar refractivity (Wildman–Crippen MR) is 62.8 cm³/mol. The van der Waals surface area contributed by atoms with Gasteiger partial charge in [0, 0.05) is 11.9 Å². The molecule has 0 unspecified atom stereocenters. The van der Waals surface area contributed by atoms with Gasteiger partial charge in [0.15, 0.2) is 5.82 Å². The zero-order valence-corrected chi connectivity index (χ0v) is 9.64. The largest absolute Gasteiger partial charge is 0.232 e. The molecule has 0 saturated heterocycles. The third-order valence-electron chi connectivity index (χ3n) is 3.08. The van der Waals surface area contributed by atoms with Crippen LogP contribution in [0.2, 0.25) is 0 Å². The smallest absolute Gasteiger partial charge is 0.171 e. The Labute approximate surface area is 99.5 Å². The molecule has 0 aliphatic heterocycles. The maximum absolute atomic E-state index is 9.19. The molecular weight excluding hydrogens is 212 g/mol. The second-order valence-corrected chi connectivity index (χ2v) is 4.39. The van der Waals surface area contributed by atoms with Crippen molar-refractivity contribution in [1.29, 1.82) is 5.26 Å². The molecular formula is C13H12N4. The Bertz CT molecular complexity index is 619. The van der Waals surface area contributed by atoms with Crippen molar-refractivity contribution in [3.05, 3.63) is 40.8 Å². The molecule has 0 bridgehead atoms. The van der Waals surface area contributed by atoms with E-state index in [0.717, 1.165) is 30.5 Å². The van der Waals surface area contributed by atoms with E-state index in [1.54, 1.807) is 10.9 Å². The predicted octanol–water partition coefficient (Wildman–Crippen LogP) is 1.94. The van der Waals surface area contributed by atoms with E-state index >= 15 is 0 Å². The maximum Gasteiger partial charge on any atom is 0.171 e. The quantitative estimate of drug-likeness (QED) is 0.743. The SMILES string of the molecule is Cc1cnn(-c2nc3c(cc2C#N)CCC3)c1. The van der Waals surface area contributed by atoms with Crippen molar-refractivity contribution in [1.82, 2.24) is 14.8 Å². The highest BCUT2D eigenvalue weighted by molar-refractivity contribution is 5.48. The average molecular weight is 224 g/mol. The molecule has 0 amide bonds. The number of pyridine rings is 1. The van der Waals surface area contributed by atoms with Gasteiger partial charge in [-0.05, 0) is 43.4 Å². The first-order valence-corrected chi connectivity index (χ1v) is 5.72. The normalized spacial score (nSPS) is 13.4. The van der Waals surface area contributed by atoms with Crippen LogP contribution in [0.1, 0.15) is 28.8 Å². The Morgan fingerprint density at radius 2 is 2.29 bits per heavy atom. The number of aryl methyl sites for hydroxylation is 3. The highest BCUT2D eigenvalue weighted by atomic mass is 15.3. The van der Waals surface area contributed by atoms with Crippen LogP contribution in [0.15, 0.2) is 18.5 Å². The topological polar surface area (TPSA) is 54.5 Å². The van der Waals surface area contributed by atoms with E-state index in [0.29, 0.717) is 11.4 Å². The lowest BCUT2D eigenvalue weighted by Crippen LogP contribution is -2.04. The first-order chi connectivity index (χ1) is 8.28. The Morgan fingerprint density at radius 1 is 1.41 bits per heavy atom. The van der Waals surface area contributed by atoms with Gasteiger partial charge >= 0.3 is 0 Å². The van der Waals surface area contributed by atoms with Crippen molar-refractivity contribution in [2.75, 3.05) is 0 Å². The first kappa shape index (κ1) is 10.0. The highest BCUT2D eigenvalue weighted by Crippen LogP contribution is 2.24. The van der Waals surface area contributed by atoms with Gasteiger partial charge in [-0.15, -0.1) is 0 Å². The van der Waals surface area contributed by atoms with Crippen LogP contribution in [0.3, 0.4) is 0 Å². The lowest BCUT2D eigenvalue weighted by atomic mass is 10.1. The van der Waals surface area contributed by atoms with Crippen LogP contribution in [0.4, 0.5) is 0 Å². The second-order valence-electron chi connectivity index (χ2n) is 4.39. The van der Waals surface area contributed by atoms with Gasteiger partial charge in [0.2, 0.25) is 0 Å². The summed E-state index contributed by atoms with van der Waals surface area (Å²) in [7, 11) is 0. The van der Waals surface area contributed by atoms with Gasteiger partial charge in [-0.1, -0.05) is 0 Å². The van der Waals surface area contributed by atoms with Crippen molar-refractivity contribution in [2.24, 2.45) is 0 Å². The molecule has 0 radical (unpaired) electrons. The van der Waals surface area contributed by atoms with Crippen molar-refractivity contribution in [3.8, 4) is 11.9 Å². The second kappa shape index (κ2) is 3.70. The zero-order chi connectivity index (χ0) is 11.8. The number of rotatable bonds is 1. The monoisotopic (exact) mass is 224 g/mol. The molecule has 0 spiro atoms. The number of nitriles is 1. The molecule has 17 heavy (non-hydrogen) atoms. The van der Waals surface area contributed by atoms with E-state index in [1.807, 2.05) is 19.2 Å². The van der Waals surface area contributed by atoms with Crippen molar-refractivity contribution in [2.45, 2.75) is 26.2 Å². The van der Waals surface area contributed by atoms with Gasteiger partial charge in [-0.3, -0.25) is 0 Å². The first-order valence-electron chi connectivity index (χ1n) is 5.72. The minimum atomic E-state index is 0.605. The van der Waals surface area contributed by atoms with Crippen LogP contribution in [0, 0.1) is 18.3 Å². The van der Waals surface area contributed by atoms with Crippen molar-refractivity contribution in [3.63, 3.8) is 0 Å². The molecule has 2 aromatic rings. The summed E-state index contributed by atoms with van der Waals surface area (Å²) in [6, 6.07) is 4.17. The molecule has 84 valence electrons. The standard InChI is InChI=1S/C13H12N4/c1-9-7-15-17(8-9)13-11(6-14)5-10-3-2-4-12(10)16-13/h5,7-8H,2-4H2,1H3. The van der Waals surface area contributed by atoms with E-state index in [2.05, 4.69) is 16.2 Å². The lowest BCUT2D eigenvalue weighted by molar-refractivity contribution is 0.827. The van der Waals surface area contributed by atoms with Crippen LogP contribution in [-0.4, -0.2) is 14.8 Å². The summed E-state index contributed by atoms with van der Waals surface area (Å²) in [4.78, 5) is 4.59. The van der Waals surface area contributed by atoms with Gasteiger partial charge in [0.25, 0.3) is 0 Å². The minimum absolute atomic E-state index is 0.605. The summed E-state index contributed by atoms with van der Waals surface area (Å²) in [6.45, 7) is 1.98. The fraction of sp³-hybridized carbons (Fsp3) is 0.308. The van der Waals surface area contributed by atoms with E-state index in [9.17, 15) is 5.26 Å². The molecule has 0 atom stereocenters. The summed E-state index contributed by atoms with van der Waals surface area (Å²) in [5.41, 5.74) is 4.01. The molecule has 1 aliphatic carbocycles. The van der Waals surface area contributed by atoms with E-state index in [4.69, 9.17) is 0 Å². The summed E-state index contributed by atoms with van der Waals surface area (Å²) in [6.07, 6.45) is 6.85. The third kappa shape index (κ3) is 1.60. The van der Waals surface area contributed by atoms with E-state index in [-0.39, 0.29) is 0 Å². The Hall–Kier alpha value is -2.15. The highest BCUT2D eigenvalue weighted by Gasteiger charge is 2.17. The number of aromatic nitrogens is 3. The van der Waals surface area contributed by atoms with E-state index < -0.39 is 0 Å². The molecule has 2 aromatic heterocycles. The number of hydrogen-bond donors (Lipinski definition) is 0. The van der Waals surface area contributed by atoms with Crippen molar-refractivity contribution < 1.29 is 0 Å². The van der Waals surface area contributed by atoms with Crippen LogP contribution in [-0.2, 0) is 12.8 Å². The molecule has 0 saturated carbocycles. The van der Waals surface area contributed by atoms with Gasteiger partial charge < -0.3 is 0 Å². The molecule has 0 fully saturated rings. The van der Waals surface area contributed by atoms with E-state index in [1.165, 1.54) is 5.56 Å². The minimum Gasteiger partial charge on any atom is -0.232 e. The summed E-state index contributed by atoms with van der Waals surface area (Å²) in [5.74, 6) is 0.654. The summed E-state index contributed by atoms with van der Waals surface area (Å²) in [5, 5.41) is 13.4. The zero-order valence-electron chi connectivity index (χ0n) is 9.64. The van der Waals surface area contributed by atoms with Crippen LogP contribution >= 0.6 is 0 Å². The number of hydrogen-bond acceptors (Lipinski definition) is 3. The molecule has 2 heterocycles. The fourth-order valence-electron chi connectivity index (χ4n) is 2.25. The lowest BCUT2D eigenvalue weighted by Gasteiger charge is -2.06. The Balaban J connectivity index is 2.19. The van der Waals surface area contributed by atoms with Crippen molar-refractivity contribution >= 4 is 0 Å². The molecule has 1 aliphatic rings. The molecule has 4 heteroatoms. The van der Waals surface area contributed by atoms with Crippen LogP contribution in [0.25, 0.3) is 5.82 Å². The maximum atomic E-state index is 9.19. The van der Waals surface area contributed by atoms with Gasteiger partial charge in [-0.25, -0.2) is 9.67 Å². The fourth-order valence-corrected chi connectivity index (χ4v) is 2.25. The molecule has 3 rings (SSSR count). The average Bonchev–Trinajstić information content (AvgIpc) is 2.94. The van der Waals surface area contributed by atoms with Gasteiger partial charge in [0.05, 0.1) is 11.8 Å². The summed E-state index contributed by atoms with van der Waals surface area (Å²) >= 11 is 0.